The fraction of sp³-hybridized carbons (Fsp3) is 0. The molecule has 0 radical (unpaired) electrons. The van der Waals surface area contributed by atoms with Gasteiger partial charge in [-0.25, -0.2) is 0 Å². The lowest BCUT2D eigenvalue weighted by Gasteiger charge is -2.28. The van der Waals surface area contributed by atoms with Crippen LogP contribution in [0.5, 0.6) is 0 Å². The first-order valence-electron chi connectivity index (χ1n) is 22.0. The summed E-state index contributed by atoms with van der Waals surface area (Å²) in [6.45, 7) is 0. The zero-order chi connectivity index (χ0) is 42.4. The van der Waals surface area contributed by atoms with E-state index in [1.54, 1.807) is 0 Å². The lowest BCUT2D eigenvalue weighted by Crippen LogP contribution is -2.11. The molecule has 0 saturated heterocycles. The predicted molar refractivity (Wildman–Crippen MR) is 272 cm³/mol. The number of nitrogens with zero attached hydrogens (tertiary/aromatic N) is 2. The van der Waals surface area contributed by atoms with Crippen LogP contribution in [0.25, 0.3) is 93.5 Å². The van der Waals surface area contributed by atoms with Crippen molar-refractivity contribution in [2.45, 2.75) is 0 Å². The molecule has 300 valence electrons. The number of fused-ring (bicyclic) bond motifs is 5. The van der Waals surface area contributed by atoms with E-state index in [-0.39, 0.29) is 0 Å². The van der Waals surface area contributed by atoms with E-state index >= 15 is 0 Å². The van der Waals surface area contributed by atoms with E-state index < -0.39 is 0 Å². The zero-order valence-electron chi connectivity index (χ0n) is 35.1. The molecule has 1 aromatic heterocycles. The minimum Gasteiger partial charge on any atom is -0.310 e. The molecule has 0 atom stereocenters. The van der Waals surface area contributed by atoms with Gasteiger partial charge in [0.25, 0.3) is 0 Å². The van der Waals surface area contributed by atoms with E-state index in [2.05, 4.69) is 264 Å². The van der Waals surface area contributed by atoms with Crippen LogP contribution in [0.2, 0.25) is 0 Å². The van der Waals surface area contributed by atoms with Crippen molar-refractivity contribution < 1.29 is 0 Å². The molecular weight excluding hydrogens is 773 g/mol. The minimum absolute atomic E-state index is 1.09. The molecule has 12 rings (SSSR count). The SMILES string of the molecule is c1ccc(-c2ccccc2N(c2ccc(-c3ccc4c(c3)c3ccccc3n4-c3ccccc3)cc2)c2ccc(-c3c4ccccc4c(-c4ccccc4)c4ccccc34)cc2)cc1. The van der Waals surface area contributed by atoms with Crippen LogP contribution in [0.3, 0.4) is 0 Å². The van der Waals surface area contributed by atoms with Crippen LogP contribution in [0.4, 0.5) is 17.1 Å². The van der Waals surface area contributed by atoms with Crippen molar-refractivity contribution in [3.05, 3.63) is 255 Å². The third-order valence-electron chi connectivity index (χ3n) is 12.8. The molecule has 0 aliphatic carbocycles. The van der Waals surface area contributed by atoms with Crippen LogP contribution in [0, 0.1) is 0 Å². The van der Waals surface area contributed by atoms with E-state index in [0.29, 0.717) is 0 Å². The van der Waals surface area contributed by atoms with Gasteiger partial charge < -0.3 is 9.47 Å². The van der Waals surface area contributed by atoms with Gasteiger partial charge in [0.2, 0.25) is 0 Å². The molecular formula is C62H42N2. The summed E-state index contributed by atoms with van der Waals surface area (Å²) in [6.07, 6.45) is 0. The molecule has 2 nitrogen and oxygen atoms in total. The van der Waals surface area contributed by atoms with Crippen molar-refractivity contribution in [2.75, 3.05) is 4.90 Å². The van der Waals surface area contributed by atoms with E-state index in [4.69, 9.17) is 0 Å². The minimum atomic E-state index is 1.09. The Bertz CT molecular complexity index is 3570. The van der Waals surface area contributed by atoms with Gasteiger partial charge >= 0.3 is 0 Å². The quantitative estimate of drug-likeness (QED) is 0.139. The molecule has 0 saturated carbocycles. The summed E-state index contributed by atoms with van der Waals surface area (Å²) < 4.78 is 2.37. The standard InChI is InChI=1S/C62H42N2/c1-4-18-44(19-5-1)51-24-14-16-30-58(51)63(49-37-32-43(33-38-49)47-36-41-60-57(42-47)52-25-15-17-31-59(52)64(60)48-22-8-3-9-23-48)50-39-34-46(35-40-50)62-55-28-12-10-26-53(55)61(45-20-6-2-7-21-45)54-27-11-13-29-56(54)62/h1-42H. The van der Waals surface area contributed by atoms with Gasteiger partial charge in [0, 0.05) is 33.4 Å². The predicted octanol–water partition coefficient (Wildman–Crippen LogP) is 17.2. The Hall–Kier alpha value is -8.46. The van der Waals surface area contributed by atoms with E-state index in [0.717, 1.165) is 22.7 Å². The maximum absolute atomic E-state index is 2.40. The molecule has 0 spiro atoms. The summed E-state index contributed by atoms with van der Waals surface area (Å²) in [5.41, 5.74) is 16.5. The third kappa shape index (κ3) is 6.35. The van der Waals surface area contributed by atoms with Crippen molar-refractivity contribution in [3.63, 3.8) is 0 Å². The fourth-order valence-corrected chi connectivity index (χ4v) is 9.90. The number of para-hydroxylation sites is 3. The molecule has 1 heterocycles. The van der Waals surface area contributed by atoms with Gasteiger partial charge in [-0.15, -0.1) is 0 Å². The Morgan fingerprint density at radius 1 is 0.266 bits per heavy atom. The molecule has 0 fully saturated rings. The van der Waals surface area contributed by atoms with Gasteiger partial charge in [-0.05, 0) is 121 Å². The number of benzene rings is 11. The van der Waals surface area contributed by atoms with Crippen molar-refractivity contribution in [3.8, 4) is 50.2 Å². The van der Waals surface area contributed by atoms with Gasteiger partial charge in [-0.3, -0.25) is 0 Å². The molecule has 11 aromatic carbocycles. The van der Waals surface area contributed by atoms with Gasteiger partial charge in [0.15, 0.2) is 0 Å². The Morgan fingerprint density at radius 2 is 0.688 bits per heavy atom. The van der Waals surface area contributed by atoms with Crippen LogP contribution in [-0.2, 0) is 0 Å². The first-order chi connectivity index (χ1) is 31.8. The van der Waals surface area contributed by atoms with Crippen LogP contribution < -0.4 is 4.90 Å². The van der Waals surface area contributed by atoms with Gasteiger partial charge in [-0.1, -0.05) is 194 Å². The third-order valence-corrected chi connectivity index (χ3v) is 12.8. The number of hydrogen-bond donors (Lipinski definition) is 0. The summed E-state index contributed by atoms with van der Waals surface area (Å²) in [5, 5.41) is 7.50. The first kappa shape index (κ1) is 37.3. The lowest BCUT2D eigenvalue weighted by molar-refractivity contribution is 1.18. The highest BCUT2D eigenvalue weighted by Gasteiger charge is 2.20. The second-order valence-electron chi connectivity index (χ2n) is 16.4. The van der Waals surface area contributed by atoms with E-state index in [1.165, 1.54) is 87.9 Å². The van der Waals surface area contributed by atoms with E-state index in [1.807, 2.05) is 0 Å². The normalized spacial score (nSPS) is 11.4. The summed E-state index contributed by atoms with van der Waals surface area (Å²) in [4.78, 5) is 2.40. The zero-order valence-corrected chi connectivity index (χ0v) is 35.1. The second kappa shape index (κ2) is 15.8. The molecule has 0 amide bonds. The smallest absolute Gasteiger partial charge is 0.0541 e. The number of rotatable bonds is 8. The highest BCUT2D eigenvalue weighted by molar-refractivity contribution is 6.21. The molecule has 12 aromatic rings. The lowest BCUT2D eigenvalue weighted by atomic mass is 9.86. The molecule has 2 heteroatoms. The molecule has 0 aliphatic heterocycles. The highest BCUT2D eigenvalue weighted by atomic mass is 15.1. The average Bonchev–Trinajstić information content (AvgIpc) is 3.71. The van der Waals surface area contributed by atoms with Crippen LogP contribution in [0.15, 0.2) is 255 Å². The molecule has 0 unspecified atom stereocenters. The summed E-state index contributed by atoms with van der Waals surface area (Å²) >= 11 is 0. The van der Waals surface area contributed by atoms with Crippen LogP contribution in [-0.4, -0.2) is 4.57 Å². The average molecular weight is 815 g/mol. The van der Waals surface area contributed by atoms with Gasteiger partial charge in [0.1, 0.15) is 0 Å². The maximum atomic E-state index is 2.40. The molecule has 0 bridgehead atoms. The second-order valence-corrected chi connectivity index (χ2v) is 16.4. The Labute approximate surface area is 373 Å². The fourth-order valence-electron chi connectivity index (χ4n) is 9.90. The summed E-state index contributed by atoms with van der Waals surface area (Å²) in [5.74, 6) is 0. The largest absolute Gasteiger partial charge is 0.310 e. The van der Waals surface area contributed by atoms with Crippen molar-refractivity contribution in [1.82, 2.24) is 4.57 Å². The number of hydrogen-bond acceptors (Lipinski definition) is 1. The topological polar surface area (TPSA) is 8.17 Å². The van der Waals surface area contributed by atoms with E-state index in [9.17, 15) is 0 Å². The number of aromatic nitrogens is 1. The Kier molecular flexibility index (Phi) is 9.20. The summed E-state index contributed by atoms with van der Waals surface area (Å²) in [6, 6.07) is 92.5. The molecule has 0 N–H and O–H groups in total. The monoisotopic (exact) mass is 814 g/mol. The van der Waals surface area contributed by atoms with Crippen molar-refractivity contribution in [1.29, 1.82) is 0 Å². The Morgan fingerprint density at radius 3 is 1.28 bits per heavy atom. The molecule has 0 aliphatic rings. The molecule has 64 heavy (non-hydrogen) atoms. The highest BCUT2D eigenvalue weighted by Crippen LogP contribution is 2.46. The van der Waals surface area contributed by atoms with Crippen LogP contribution in [0.1, 0.15) is 0 Å². The number of anilines is 3. The van der Waals surface area contributed by atoms with Gasteiger partial charge in [-0.2, -0.15) is 0 Å². The Balaban J connectivity index is 0.983. The van der Waals surface area contributed by atoms with Crippen LogP contribution >= 0.6 is 0 Å². The first-order valence-corrected chi connectivity index (χ1v) is 22.0. The van der Waals surface area contributed by atoms with Gasteiger partial charge in [0.05, 0.1) is 16.7 Å². The maximum Gasteiger partial charge on any atom is 0.0541 e. The van der Waals surface area contributed by atoms with Crippen molar-refractivity contribution in [2.24, 2.45) is 0 Å². The summed E-state index contributed by atoms with van der Waals surface area (Å²) in [7, 11) is 0. The van der Waals surface area contributed by atoms with Crippen molar-refractivity contribution >= 4 is 60.4 Å².